The van der Waals surface area contributed by atoms with Crippen LogP contribution < -0.4 is 16.0 Å². The third-order valence-corrected chi connectivity index (χ3v) is 5.12. The first-order valence-electron chi connectivity index (χ1n) is 10.3. The Bertz CT molecular complexity index is 798. The van der Waals surface area contributed by atoms with Gasteiger partial charge in [-0.3, -0.25) is 9.59 Å². The van der Waals surface area contributed by atoms with E-state index >= 15 is 0 Å². The van der Waals surface area contributed by atoms with Crippen molar-refractivity contribution in [2.24, 2.45) is 5.92 Å². The summed E-state index contributed by atoms with van der Waals surface area (Å²) in [7, 11) is 0. The normalized spacial score (nSPS) is 13.0. The molecule has 29 heavy (non-hydrogen) atoms. The van der Waals surface area contributed by atoms with Gasteiger partial charge in [0.2, 0.25) is 11.8 Å². The van der Waals surface area contributed by atoms with E-state index in [-0.39, 0.29) is 24.4 Å². The molecule has 0 aliphatic heterocycles. The lowest BCUT2D eigenvalue weighted by atomic mass is 9.92. The summed E-state index contributed by atoms with van der Waals surface area (Å²) in [6, 6.07) is 15.9. The third-order valence-electron chi connectivity index (χ3n) is 5.12. The number of amides is 2. The molecule has 2 aromatic rings. The van der Waals surface area contributed by atoms with Crippen LogP contribution in [0.15, 0.2) is 48.5 Å². The van der Waals surface area contributed by atoms with Crippen LogP contribution in [0, 0.1) is 5.92 Å². The lowest BCUT2D eigenvalue weighted by Gasteiger charge is -2.23. The smallest absolute Gasteiger partial charge is 0.238 e. The maximum Gasteiger partial charge on any atom is 0.238 e. The molecule has 156 valence electrons. The summed E-state index contributed by atoms with van der Waals surface area (Å²) < 4.78 is 0. The van der Waals surface area contributed by atoms with Gasteiger partial charge in [0, 0.05) is 24.3 Å². The van der Waals surface area contributed by atoms with E-state index in [9.17, 15) is 9.59 Å². The number of hydrogen-bond acceptors (Lipinski definition) is 3. The van der Waals surface area contributed by atoms with Crippen molar-refractivity contribution in [1.29, 1.82) is 0 Å². The van der Waals surface area contributed by atoms with Gasteiger partial charge in [-0.1, -0.05) is 52.0 Å². The molecule has 5 heteroatoms. The predicted octanol–water partition coefficient (Wildman–Crippen LogP) is 5.08. The maximum atomic E-state index is 12.4. The Morgan fingerprint density at radius 1 is 0.828 bits per heavy atom. The molecule has 0 fully saturated rings. The van der Waals surface area contributed by atoms with Crippen molar-refractivity contribution >= 4 is 23.2 Å². The Hall–Kier alpha value is -2.66. The summed E-state index contributed by atoms with van der Waals surface area (Å²) in [5, 5.41) is 8.98. The van der Waals surface area contributed by atoms with E-state index in [2.05, 4.69) is 67.9 Å². The minimum atomic E-state index is -0.122. The summed E-state index contributed by atoms with van der Waals surface area (Å²) in [4.78, 5) is 23.4. The lowest BCUT2D eigenvalue weighted by Crippen LogP contribution is -2.33. The number of carbonyl (C=O) groups excluding carboxylic acids is 2. The molecule has 0 saturated heterocycles. The maximum absolute atomic E-state index is 12.4. The van der Waals surface area contributed by atoms with E-state index in [0.717, 1.165) is 6.42 Å². The molecule has 2 rings (SSSR count). The Balaban J connectivity index is 1.94. The molecule has 3 N–H and O–H groups in total. The number of rotatable bonds is 9. The number of anilines is 2. The standard InChI is InChI=1S/C24H33N3O2/c1-6-17(4)19-7-9-20(10-8-19)24(16(2)3)25-15-23(29)27-22-13-11-21(12-14-22)26-18(5)28/h7-14,16-17,24-25H,6,15H2,1-5H3,(H,26,28)(H,27,29)/t17-,24-/m0/s1. The number of benzene rings is 2. The van der Waals surface area contributed by atoms with Crippen molar-refractivity contribution in [2.75, 3.05) is 17.2 Å². The van der Waals surface area contributed by atoms with Crippen LogP contribution in [0.5, 0.6) is 0 Å². The van der Waals surface area contributed by atoms with Crippen LogP contribution in [0.3, 0.4) is 0 Å². The predicted molar refractivity (Wildman–Crippen MR) is 120 cm³/mol. The van der Waals surface area contributed by atoms with Gasteiger partial charge >= 0.3 is 0 Å². The Morgan fingerprint density at radius 3 is 1.83 bits per heavy atom. The van der Waals surface area contributed by atoms with Crippen molar-refractivity contribution in [3.05, 3.63) is 59.7 Å². The van der Waals surface area contributed by atoms with Crippen molar-refractivity contribution in [1.82, 2.24) is 5.32 Å². The van der Waals surface area contributed by atoms with Crippen LogP contribution >= 0.6 is 0 Å². The summed E-state index contributed by atoms with van der Waals surface area (Å²) >= 11 is 0. The molecular weight excluding hydrogens is 362 g/mol. The first-order valence-corrected chi connectivity index (χ1v) is 10.3. The Morgan fingerprint density at radius 2 is 1.34 bits per heavy atom. The van der Waals surface area contributed by atoms with E-state index in [1.165, 1.54) is 18.1 Å². The zero-order valence-electron chi connectivity index (χ0n) is 18.1. The molecule has 0 aromatic heterocycles. The van der Waals surface area contributed by atoms with Gasteiger partial charge in [-0.25, -0.2) is 0 Å². The molecule has 0 radical (unpaired) electrons. The first kappa shape index (κ1) is 22.6. The summed E-state index contributed by atoms with van der Waals surface area (Å²) in [6.45, 7) is 10.4. The number of hydrogen-bond donors (Lipinski definition) is 3. The van der Waals surface area contributed by atoms with Crippen molar-refractivity contribution in [2.45, 2.75) is 53.0 Å². The van der Waals surface area contributed by atoms with Crippen LogP contribution in [0.25, 0.3) is 0 Å². The van der Waals surface area contributed by atoms with Gasteiger partial charge in [-0.05, 0) is 53.6 Å². The second-order valence-corrected chi connectivity index (χ2v) is 7.89. The topological polar surface area (TPSA) is 70.2 Å². The molecule has 2 amide bonds. The second kappa shape index (κ2) is 10.8. The minimum absolute atomic E-state index is 0.0980. The molecule has 0 spiro atoms. The highest BCUT2D eigenvalue weighted by Gasteiger charge is 2.17. The minimum Gasteiger partial charge on any atom is -0.326 e. The monoisotopic (exact) mass is 395 g/mol. The molecule has 2 atom stereocenters. The molecule has 5 nitrogen and oxygen atoms in total. The van der Waals surface area contributed by atoms with Gasteiger partial charge in [-0.2, -0.15) is 0 Å². The highest BCUT2D eigenvalue weighted by Crippen LogP contribution is 2.25. The highest BCUT2D eigenvalue weighted by molar-refractivity contribution is 5.93. The molecule has 0 unspecified atom stereocenters. The van der Waals surface area contributed by atoms with Gasteiger partial charge in [0.15, 0.2) is 0 Å². The molecule has 2 aromatic carbocycles. The molecule has 0 aliphatic rings. The summed E-state index contributed by atoms with van der Waals surface area (Å²) in [5.41, 5.74) is 3.94. The zero-order valence-corrected chi connectivity index (χ0v) is 18.1. The Kier molecular flexibility index (Phi) is 8.40. The fourth-order valence-electron chi connectivity index (χ4n) is 3.25. The average Bonchev–Trinajstić information content (AvgIpc) is 2.69. The van der Waals surface area contributed by atoms with Crippen LogP contribution in [0.4, 0.5) is 11.4 Å². The van der Waals surface area contributed by atoms with Crippen LogP contribution in [0.1, 0.15) is 64.1 Å². The summed E-state index contributed by atoms with van der Waals surface area (Å²) in [5.74, 6) is 0.688. The van der Waals surface area contributed by atoms with Gasteiger partial charge < -0.3 is 16.0 Å². The van der Waals surface area contributed by atoms with E-state index in [4.69, 9.17) is 0 Å². The largest absolute Gasteiger partial charge is 0.326 e. The van der Waals surface area contributed by atoms with Crippen molar-refractivity contribution < 1.29 is 9.59 Å². The lowest BCUT2D eigenvalue weighted by molar-refractivity contribution is -0.116. The third kappa shape index (κ3) is 7.02. The van der Waals surface area contributed by atoms with Crippen LogP contribution in [0.2, 0.25) is 0 Å². The van der Waals surface area contributed by atoms with Gasteiger partial charge in [0.25, 0.3) is 0 Å². The molecule has 0 aliphatic carbocycles. The van der Waals surface area contributed by atoms with Gasteiger partial charge in [0.1, 0.15) is 0 Å². The SMILES string of the molecule is CC[C@H](C)c1ccc([C@@H](NCC(=O)Nc2ccc(NC(C)=O)cc2)C(C)C)cc1. The summed E-state index contributed by atoms with van der Waals surface area (Å²) in [6.07, 6.45) is 1.12. The fraction of sp³-hybridized carbons (Fsp3) is 0.417. The average molecular weight is 396 g/mol. The number of carbonyl (C=O) groups is 2. The van der Waals surface area contributed by atoms with E-state index < -0.39 is 0 Å². The quantitative estimate of drug-likeness (QED) is 0.554. The van der Waals surface area contributed by atoms with E-state index in [1.54, 1.807) is 24.3 Å². The van der Waals surface area contributed by atoms with Gasteiger partial charge in [-0.15, -0.1) is 0 Å². The van der Waals surface area contributed by atoms with E-state index in [1.807, 2.05) is 0 Å². The van der Waals surface area contributed by atoms with Crippen LogP contribution in [-0.2, 0) is 9.59 Å². The fourth-order valence-corrected chi connectivity index (χ4v) is 3.25. The first-order chi connectivity index (χ1) is 13.8. The Labute approximate surface area is 174 Å². The van der Waals surface area contributed by atoms with Crippen LogP contribution in [-0.4, -0.2) is 18.4 Å². The highest BCUT2D eigenvalue weighted by atomic mass is 16.2. The second-order valence-electron chi connectivity index (χ2n) is 7.89. The molecule has 0 heterocycles. The zero-order chi connectivity index (χ0) is 21.4. The van der Waals surface area contributed by atoms with E-state index in [0.29, 0.717) is 23.2 Å². The molecule has 0 bridgehead atoms. The molecular formula is C24H33N3O2. The molecule has 0 saturated carbocycles. The van der Waals surface area contributed by atoms with Crippen molar-refractivity contribution in [3.63, 3.8) is 0 Å². The number of nitrogens with one attached hydrogen (secondary N) is 3. The van der Waals surface area contributed by atoms with Crippen molar-refractivity contribution in [3.8, 4) is 0 Å². The van der Waals surface area contributed by atoms with Gasteiger partial charge in [0.05, 0.1) is 6.54 Å².